The highest BCUT2D eigenvalue weighted by Crippen LogP contribution is 2.26. The van der Waals surface area contributed by atoms with Gasteiger partial charge in [0.25, 0.3) is 0 Å². The lowest BCUT2D eigenvalue weighted by molar-refractivity contribution is 0.0610. The van der Waals surface area contributed by atoms with Gasteiger partial charge in [0.15, 0.2) is 0 Å². The predicted octanol–water partition coefficient (Wildman–Crippen LogP) is 0.867. The van der Waals surface area contributed by atoms with E-state index in [-0.39, 0.29) is 10.8 Å². The molecule has 7 heteroatoms. The average molecular weight is 265 g/mol. The van der Waals surface area contributed by atoms with E-state index in [1.807, 2.05) is 6.92 Å². The fraction of sp³-hybridized carbons (Fsp3) is 0.556. The SMILES string of the molecule is COCCOCc1cc(C)sc1S(N)(=O)=O. The van der Waals surface area contributed by atoms with Crippen LogP contribution in [0.5, 0.6) is 0 Å². The zero-order valence-corrected chi connectivity index (χ0v) is 10.9. The summed E-state index contributed by atoms with van der Waals surface area (Å²) in [5, 5.41) is 5.10. The summed E-state index contributed by atoms with van der Waals surface area (Å²) in [5.41, 5.74) is 0.612. The summed E-state index contributed by atoms with van der Waals surface area (Å²) in [4.78, 5) is 0.898. The maximum Gasteiger partial charge on any atom is 0.247 e. The molecule has 1 aromatic heterocycles. The van der Waals surface area contributed by atoms with Gasteiger partial charge >= 0.3 is 0 Å². The van der Waals surface area contributed by atoms with Crippen LogP contribution in [0.3, 0.4) is 0 Å². The van der Waals surface area contributed by atoms with Crippen LogP contribution in [0.2, 0.25) is 0 Å². The van der Waals surface area contributed by atoms with Gasteiger partial charge in [-0.3, -0.25) is 0 Å². The Morgan fingerprint density at radius 1 is 1.44 bits per heavy atom. The van der Waals surface area contributed by atoms with Crippen molar-refractivity contribution >= 4 is 21.4 Å². The summed E-state index contributed by atoms with van der Waals surface area (Å²) in [6.45, 7) is 2.97. The number of sulfonamides is 1. The highest BCUT2D eigenvalue weighted by atomic mass is 32.2. The average Bonchev–Trinajstić information content (AvgIpc) is 2.54. The summed E-state index contributed by atoms with van der Waals surface area (Å²) in [7, 11) is -2.07. The maximum atomic E-state index is 11.3. The Labute approximate surface area is 99.2 Å². The Morgan fingerprint density at radius 2 is 2.12 bits per heavy atom. The molecule has 0 amide bonds. The van der Waals surface area contributed by atoms with Crippen molar-refractivity contribution in [2.45, 2.75) is 17.7 Å². The Morgan fingerprint density at radius 3 is 2.69 bits per heavy atom. The molecule has 0 unspecified atom stereocenters. The molecule has 0 aliphatic heterocycles. The van der Waals surface area contributed by atoms with E-state index in [0.29, 0.717) is 18.8 Å². The molecule has 92 valence electrons. The van der Waals surface area contributed by atoms with Crippen LogP contribution in [-0.2, 0) is 26.1 Å². The van der Waals surface area contributed by atoms with Crippen LogP contribution in [0.25, 0.3) is 0 Å². The van der Waals surface area contributed by atoms with Crippen LogP contribution in [0.15, 0.2) is 10.3 Å². The van der Waals surface area contributed by atoms with Crippen molar-refractivity contribution in [3.63, 3.8) is 0 Å². The molecule has 0 radical (unpaired) electrons. The van der Waals surface area contributed by atoms with E-state index in [9.17, 15) is 8.42 Å². The molecule has 1 rings (SSSR count). The minimum atomic E-state index is -3.65. The summed E-state index contributed by atoms with van der Waals surface area (Å²) in [6.07, 6.45) is 0. The van der Waals surface area contributed by atoms with Crippen molar-refractivity contribution in [1.82, 2.24) is 0 Å². The fourth-order valence-electron chi connectivity index (χ4n) is 1.21. The van der Waals surface area contributed by atoms with E-state index in [0.717, 1.165) is 16.2 Å². The fourth-order valence-corrected chi connectivity index (χ4v) is 3.30. The molecule has 0 fully saturated rings. The van der Waals surface area contributed by atoms with E-state index in [1.165, 1.54) is 0 Å². The molecule has 1 aromatic rings. The molecule has 0 saturated carbocycles. The van der Waals surface area contributed by atoms with Gasteiger partial charge in [0.1, 0.15) is 4.21 Å². The summed E-state index contributed by atoms with van der Waals surface area (Å²) in [6, 6.07) is 1.78. The second-order valence-electron chi connectivity index (χ2n) is 3.26. The molecule has 1 heterocycles. The van der Waals surface area contributed by atoms with Gasteiger partial charge in [0.2, 0.25) is 10.0 Å². The minimum Gasteiger partial charge on any atom is -0.382 e. The first-order valence-corrected chi connectivity index (χ1v) is 7.00. The first kappa shape index (κ1) is 13.6. The minimum absolute atomic E-state index is 0.183. The van der Waals surface area contributed by atoms with Gasteiger partial charge < -0.3 is 9.47 Å². The van der Waals surface area contributed by atoms with Gasteiger partial charge in [-0.05, 0) is 13.0 Å². The lowest BCUT2D eigenvalue weighted by Crippen LogP contribution is -2.13. The second kappa shape index (κ2) is 5.74. The van der Waals surface area contributed by atoms with E-state index >= 15 is 0 Å². The van der Waals surface area contributed by atoms with Gasteiger partial charge in [-0.15, -0.1) is 11.3 Å². The Kier molecular flexibility index (Phi) is 4.88. The molecule has 16 heavy (non-hydrogen) atoms. The van der Waals surface area contributed by atoms with Gasteiger partial charge in [-0.1, -0.05) is 0 Å². The number of methoxy groups -OCH3 is 1. The Balaban J connectivity index is 2.72. The highest BCUT2D eigenvalue weighted by molar-refractivity contribution is 7.91. The normalized spacial score (nSPS) is 11.9. The third-order valence-corrected chi connectivity index (χ3v) is 4.45. The van der Waals surface area contributed by atoms with Gasteiger partial charge in [-0.25, -0.2) is 13.6 Å². The molecule has 0 bridgehead atoms. The van der Waals surface area contributed by atoms with E-state index in [1.54, 1.807) is 13.2 Å². The van der Waals surface area contributed by atoms with Crippen LogP contribution in [0, 0.1) is 6.92 Å². The Hall–Kier alpha value is -0.470. The first-order chi connectivity index (χ1) is 7.45. The number of hydrogen-bond acceptors (Lipinski definition) is 5. The quantitative estimate of drug-likeness (QED) is 0.774. The smallest absolute Gasteiger partial charge is 0.247 e. The van der Waals surface area contributed by atoms with Crippen molar-refractivity contribution in [3.8, 4) is 0 Å². The molecular weight excluding hydrogens is 250 g/mol. The van der Waals surface area contributed by atoms with E-state index < -0.39 is 10.0 Å². The molecule has 0 saturated heterocycles. The number of ether oxygens (including phenoxy) is 2. The van der Waals surface area contributed by atoms with E-state index in [4.69, 9.17) is 14.6 Å². The number of thiophene rings is 1. The van der Waals surface area contributed by atoms with Gasteiger partial charge in [-0.2, -0.15) is 0 Å². The van der Waals surface area contributed by atoms with Crippen LogP contribution in [0.1, 0.15) is 10.4 Å². The third kappa shape index (κ3) is 3.84. The lowest BCUT2D eigenvalue weighted by atomic mass is 10.3. The lowest BCUT2D eigenvalue weighted by Gasteiger charge is -2.03. The predicted molar refractivity (Wildman–Crippen MR) is 62.0 cm³/mol. The molecule has 0 atom stereocenters. The number of rotatable bonds is 6. The molecule has 5 nitrogen and oxygen atoms in total. The van der Waals surface area contributed by atoms with Crippen molar-refractivity contribution in [2.75, 3.05) is 20.3 Å². The van der Waals surface area contributed by atoms with Crippen LogP contribution < -0.4 is 5.14 Å². The molecule has 2 N–H and O–H groups in total. The monoisotopic (exact) mass is 265 g/mol. The summed E-state index contributed by atoms with van der Waals surface area (Å²) < 4.78 is 32.8. The topological polar surface area (TPSA) is 78.6 Å². The molecule has 0 spiro atoms. The second-order valence-corrected chi connectivity index (χ2v) is 6.27. The summed E-state index contributed by atoms with van der Waals surface area (Å²) >= 11 is 1.16. The molecule has 0 aliphatic carbocycles. The largest absolute Gasteiger partial charge is 0.382 e. The number of aryl methyl sites for hydroxylation is 1. The van der Waals surface area contributed by atoms with Crippen molar-refractivity contribution in [1.29, 1.82) is 0 Å². The summed E-state index contributed by atoms with van der Waals surface area (Å²) in [5.74, 6) is 0. The number of nitrogens with two attached hydrogens (primary N) is 1. The van der Waals surface area contributed by atoms with E-state index in [2.05, 4.69) is 0 Å². The molecular formula is C9H15NO4S2. The van der Waals surface area contributed by atoms with Crippen LogP contribution >= 0.6 is 11.3 Å². The van der Waals surface area contributed by atoms with Gasteiger partial charge in [0, 0.05) is 17.6 Å². The number of hydrogen-bond donors (Lipinski definition) is 1. The zero-order valence-electron chi connectivity index (χ0n) is 9.23. The van der Waals surface area contributed by atoms with Crippen molar-refractivity contribution in [2.24, 2.45) is 5.14 Å². The van der Waals surface area contributed by atoms with Crippen LogP contribution in [-0.4, -0.2) is 28.7 Å². The van der Waals surface area contributed by atoms with Crippen LogP contribution in [0.4, 0.5) is 0 Å². The van der Waals surface area contributed by atoms with Gasteiger partial charge in [0.05, 0.1) is 19.8 Å². The molecule has 0 aromatic carbocycles. The van der Waals surface area contributed by atoms with Crippen molar-refractivity contribution < 1.29 is 17.9 Å². The first-order valence-electron chi connectivity index (χ1n) is 4.64. The third-order valence-electron chi connectivity index (χ3n) is 1.84. The zero-order chi connectivity index (χ0) is 12.2. The maximum absolute atomic E-state index is 11.3. The van der Waals surface area contributed by atoms with Crippen molar-refractivity contribution in [3.05, 3.63) is 16.5 Å². The number of primary sulfonamides is 1. The Bertz CT molecular complexity index is 438. The highest BCUT2D eigenvalue weighted by Gasteiger charge is 2.17. The standard InChI is InChI=1S/C9H15NO4S2/c1-7-5-8(6-14-4-3-13-2)9(15-7)16(10,11)12/h5H,3-4,6H2,1-2H3,(H2,10,11,12). The molecule has 0 aliphatic rings.